The Kier molecular flexibility index (Phi) is 6.70. The maximum absolute atomic E-state index is 12.3. The number of carbonyl (C=O) groups is 3. The Labute approximate surface area is 180 Å². The lowest BCUT2D eigenvalue weighted by Gasteiger charge is -2.12. The van der Waals surface area contributed by atoms with Crippen LogP contribution in [0.4, 0.5) is 11.8 Å². The monoisotopic (exact) mass is 447 g/mol. The lowest BCUT2D eigenvalue weighted by molar-refractivity contribution is -0.140. The Morgan fingerprint density at radius 2 is 1.97 bits per heavy atom. The zero-order chi connectivity index (χ0) is 22.5. The molecule has 11 nitrogen and oxygen atoms in total. The summed E-state index contributed by atoms with van der Waals surface area (Å²) in [6.07, 6.45) is 3.10. The van der Waals surface area contributed by atoms with Crippen LogP contribution in [0.2, 0.25) is 0 Å². The summed E-state index contributed by atoms with van der Waals surface area (Å²) >= 11 is 1.20. The largest absolute Gasteiger partial charge is 0.481 e. The number of hydrogen-bond donors (Lipinski definition) is 5. The van der Waals surface area contributed by atoms with E-state index in [0.717, 1.165) is 17.5 Å². The number of nitrogens with zero attached hydrogens (tertiary/aromatic N) is 2. The van der Waals surface area contributed by atoms with Gasteiger partial charge in [0.1, 0.15) is 11.9 Å². The number of nitrogens with one attached hydrogen (secondary N) is 1. The van der Waals surface area contributed by atoms with Crippen molar-refractivity contribution in [2.75, 3.05) is 11.5 Å². The molecule has 164 valence electrons. The molecule has 1 amide bonds. The van der Waals surface area contributed by atoms with Crippen molar-refractivity contribution < 1.29 is 29.0 Å². The van der Waals surface area contributed by atoms with Gasteiger partial charge in [0.25, 0.3) is 5.91 Å². The van der Waals surface area contributed by atoms with Crippen molar-refractivity contribution >= 4 is 52.0 Å². The topological polar surface area (TPSA) is 195 Å². The van der Waals surface area contributed by atoms with Crippen LogP contribution in [0.25, 0.3) is 11.1 Å². The van der Waals surface area contributed by atoms with Gasteiger partial charge in [0, 0.05) is 12.0 Å². The molecule has 3 heterocycles. The molecule has 0 fully saturated rings. The Bertz CT molecular complexity index is 1120. The minimum absolute atomic E-state index is 0.0445. The Morgan fingerprint density at radius 1 is 1.19 bits per heavy atom. The maximum atomic E-state index is 12.3. The highest BCUT2D eigenvalue weighted by molar-refractivity contribution is 7.12. The molecule has 3 aromatic heterocycles. The molecular formula is C19H21N5O6S. The summed E-state index contributed by atoms with van der Waals surface area (Å²) in [5.74, 6) is -2.64. The van der Waals surface area contributed by atoms with Gasteiger partial charge in [-0.3, -0.25) is 9.59 Å². The third kappa shape index (κ3) is 5.48. The summed E-state index contributed by atoms with van der Waals surface area (Å²) < 4.78 is 5.39. The number of hydrogen-bond acceptors (Lipinski definition) is 9. The first-order chi connectivity index (χ1) is 14.7. The van der Waals surface area contributed by atoms with Crippen molar-refractivity contribution in [1.29, 1.82) is 0 Å². The SMILES string of the molecule is Nc1nc(N)c2c(CCCc3csc(C(=O)NC(CCC(=O)O)C(=O)O)c3)coc2n1. The van der Waals surface area contributed by atoms with E-state index in [1.54, 1.807) is 12.3 Å². The number of carboxylic acids is 2. The van der Waals surface area contributed by atoms with Gasteiger partial charge < -0.3 is 31.4 Å². The normalized spacial score (nSPS) is 12.0. The van der Waals surface area contributed by atoms with E-state index in [1.807, 2.05) is 5.38 Å². The minimum Gasteiger partial charge on any atom is -0.481 e. The van der Waals surface area contributed by atoms with E-state index in [2.05, 4.69) is 15.3 Å². The molecule has 3 aromatic rings. The minimum atomic E-state index is -1.27. The fourth-order valence-electron chi connectivity index (χ4n) is 3.09. The van der Waals surface area contributed by atoms with E-state index in [1.165, 1.54) is 11.3 Å². The molecule has 0 saturated heterocycles. The second kappa shape index (κ2) is 9.43. The number of thiophene rings is 1. The average Bonchev–Trinajstić information content (AvgIpc) is 3.32. The van der Waals surface area contributed by atoms with Crippen LogP contribution in [0.3, 0.4) is 0 Å². The van der Waals surface area contributed by atoms with Crippen LogP contribution in [0.1, 0.15) is 40.1 Å². The van der Waals surface area contributed by atoms with E-state index >= 15 is 0 Å². The molecule has 1 unspecified atom stereocenters. The zero-order valence-electron chi connectivity index (χ0n) is 16.3. The van der Waals surface area contributed by atoms with Crippen LogP contribution < -0.4 is 16.8 Å². The molecule has 1 atom stereocenters. The highest BCUT2D eigenvalue weighted by atomic mass is 32.1. The quantitative estimate of drug-likeness (QED) is 0.305. The summed E-state index contributed by atoms with van der Waals surface area (Å²) in [5.41, 5.74) is 13.6. The van der Waals surface area contributed by atoms with E-state index in [4.69, 9.17) is 26.1 Å². The summed E-state index contributed by atoms with van der Waals surface area (Å²) in [7, 11) is 0. The fraction of sp³-hybridized carbons (Fsp3) is 0.316. The number of nitrogen functional groups attached to an aromatic ring is 2. The fourth-order valence-corrected chi connectivity index (χ4v) is 3.94. The molecule has 0 aliphatic carbocycles. The first-order valence-electron chi connectivity index (χ1n) is 9.36. The number of anilines is 2. The van der Waals surface area contributed by atoms with Gasteiger partial charge in [-0.25, -0.2) is 4.79 Å². The number of aromatic nitrogens is 2. The third-order valence-electron chi connectivity index (χ3n) is 4.59. The van der Waals surface area contributed by atoms with Gasteiger partial charge in [-0.2, -0.15) is 9.97 Å². The molecular weight excluding hydrogens is 426 g/mol. The van der Waals surface area contributed by atoms with Gasteiger partial charge in [0.15, 0.2) is 0 Å². The molecule has 0 bridgehead atoms. The molecule has 0 saturated carbocycles. The lowest BCUT2D eigenvalue weighted by Crippen LogP contribution is -2.40. The van der Waals surface area contributed by atoms with E-state index < -0.39 is 23.9 Å². The average molecular weight is 447 g/mol. The van der Waals surface area contributed by atoms with Crippen LogP contribution in [0.5, 0.6) is 0 Å². The zero-order valence-corrected chi connectivity index (χ0v) is 17.1. The van der Waals surface area contributed by atoms with Crippen LogP contribution in [0, 0.1) is 0 Å². The number of nitrogens with two attached hydrogens (primary N) is 2. The molecule has 0 radical (unpaired) electrons. The third-order valence-corrected chi connectivity index (χ3v) is 5.57. The Balaban J connectivity index is 1.57. The van der Waals surface area contributed by atoms with Gasteiger partial charge >= 0.3 is 11.9 Å². The van der Waals surface area contributed by atoms with E-state index in [9.17, 15) is 14.4 Å². The van der Waals surface area contributed by atoms with Gasteiger partial charge in [-0.15, -0.1) is 11.3 Å². The van der Waals surface area contributed by atoms with Gasteiger partial charge in [-0.05, 0) is 42.7 Å². The number of fused-ring (bicyclic) bond motifs is 1. The van der Waals surface area contributed by atoms with Crippen molar-refractivity contribution in [3.05, 3.63) is 33.7 Å². The standard InChI is InChI=1S/C19H21N5O6S/c20-15-14-10(7-30-17(14)24-19(21)23-15)3-1-2-9-6-12(31-8-9)16(27)22-11(18(28)29)4-5-13(25)26/h6-8,11H,1-5H2,(H,22,27)(H,25,26)(H,28,29)(H4,20,21,23,24). The number of carbonyl (C=O) groups excluding carboxylic acids is 1. The first-order valence-corrected chi connectivity index (χ1v) is 10.2. The van der Waals surface area contributed by atoms with Crippen LogP contribution >= 0.6 is 11.3 Å². The summed E-state index contributed by atoms with van der Waals surface area (Å²) in [6, 6.07) is 0.437. The second-order valence-corrected chi connectivity index (χ2v) is 7.79. The molecule has 31 heavy (non-hydrogen) atoms. The number of amides is 1. The highest BCUT2D eigenvalue weighted by Crippen LogP contribution is 2.26. The first kappa shape index (κ1) is 22.0. The van der Waals surface area contributed by atoms with E-state index in [0.29, 0.717) is 28.8 Å². The summed E-state index contributed by atoms with van der Waals surface area (Å²) in [4.78, 5) is 42.5. The summed E-state index contributed by atoms with van der Waals surface area (Å²) in [5, 5.41) is 22.7. The predicted octanol–water partition coefficient (Wildman–Crippen LogP) is 1.67. The predicted molar refractivity (Wildman–Crippen MR) is 113 cm³/mol. The van der Waals surface area contributed by atoms with Gasteiger partial charge in [0.2, 0.25) is 11.7 Å². The molecule has 0 aliphatic heterocycles. The maximum Gasteiger partial charge on any atom is 0.326 e. The number of rotatable bonds is 10. The van der Waals surface area contributed by atoms with Crippen LogP contribution in [0.15, 0.2) is 22.1 Å². The molecule has 12 heteroatoms. The van der Waals surface area contributed by atoms with Gasteiger partial charge in [0.05, 0.1) is 16.5 Å². The van der Waals surface area contributed by atoms with Gasteiger partial charge in [-0.1, -0.05) is 0 Å². The molecule has 7 N–H and O–H groups in total. The number of carboxylic acid groups (broad SMARTS) is 2. The highest BCUT2D eigenvalue weighted by Gasteiger charge is 2.22. The lowest BCUT2D eigenvalue weighted by atomic mass is 10.1. The molecule has 0 aliphatic rings. The van der Waals surface area contributed by atoms with Crippen molar-refractivity contribution in [3.63, 3.8) is 0 Å². The number of furan rings is 1. The van der Waals surface area contributed by atoms with Crippen molar-refractivity contribution in [2.24, 2.45) is 0 Å². The Hall–Kier alpha value is -3.67. The van der Waals surface area contributed by atoms with Crippen LogP contribution in [-0.2, 0) is 22.4 Å². The van der Waals surface area contributed by atoms with Crippen molar-refractivity contribution in [1.82, 2.24) is 15.3 Å². The smallest absolute Gasteiger partial charge is 0.326 e. The molecule has 3 rings (SSSR count). The van der Waals surface area contributed by atoms with Crippen molar-refractivity contribution in [2.45, 2.75) is 38.1 Å². The van der Waals surface area contributed by atoms with Crippen LogP contribution in [-0.4, -0.2) is 44.1 Å². The van der Waals surface area contributed by atoms with Crippen molar-refractivity contribution in [3.8, 4) is 0 Å². The molecule has 0 aromatic carbocycles. The summed E-state index contributed by atoms with van der Waals surface area (Å²) in [6.45, 7) is 0. The molecule has 0 spiro atoms. The Morgan fingerprint density at radius 3 is 2.68 bits per heavy atom. The number of aliphatic carboxylic acids is 2. The number of aryl methyl sites for hydroxylation is 2. The second-order valence-electron chi connectivity index (χ2n) is 6.88. The van der Waals surface area contributed by atoms with E-state index in [-0.39, 0.29) is 24.6 Å².